The van der Waals surface area contributed by atoms with Crippen LogP contribution in [-0.4, -0.2) is 9.55 Å². The molecule has 0 fully saturated rings. The zero-order valence-electron chi connectivity index (χ0n) is 8.97. The fraction of sp³-hybridized carbons (Fsp3) is 0. The first kappa shape index (κ1) is 10.2. The maximum absolute atomic E-state index is 6.18. The summed E-state index contributed by atoms with van der Waals surface area (Å²) >= 11 is 6.18. The van der Waals surface area contributed by atoms with Crippen LogP contribution in [0.4, 0.5) is 5.95 Å². The normalized spacial score (nSPS) is 10.9. The molecule has 0 saturated heterocycles. The minimum atomic E-state index is 0.444. The van der Waals surface area contributed by atoms with E-state index >= 15 is 0 Å². The van der Waals surface area contributed by atoms with Gasteiger partial charge in [0.2, 0.25) is 5.95 Å². The van der Waals surface area contributed by atoms with Gasteiger partial charge in [0.05, 0.1) is 21.7 Å². The number of imidazole rings is 1. The Morgan fingerprint density at radius 3 is 2.53 bits per heavy atom. The van der Waals surface area contributed by atoms with Crippen molar-refractivity contribution in [2.24, 2.45) is 0 Å². The van der Waals surface area contributed by atoms with E-state index < -0.39 is 0 Å². The van der Waals surface area contributed by atoms with Crippen molar-refractivity contribution in [3.05, 3.63) is 53.6 Å². The van der Waals surface area contributed by atoms with Crippen molar-refractivity contribution in [2.45, 2.75) is 0 Å². The second-order valence-electron chi connectivity index (χ2n) is 3.75. The van der Waals surface area contributed by atoms with Crippen LogP contribution in [0.15, 0.2) is 48.5 Å². The summed E-state index contributed by atoms with van der Waals surface area (Å²) in [4.78, 5) is 4.31. The van der Waals surface area contributed by atoms with Crippen LogP contribution in [-0.2, 0) is 0 Å². The lowest BCUT2D eigenvalue weighted by atomic mass is 10.3. The third-order valence-corrected chi connectivity index (χ3v) is 3.00. The van der Waals surface area contributed by atoms with E-state index in [-0.39, 0.29) is 0 Å². The molecule has 3 aromatic rings. The number of anilines is 1. The molecule has 0 saturated carbocycles. The number of nitrogens with two attached hydrogens (primary N) is 1. The number of para-hydroxylation sites is 3. The van der Waals surface area contributed by atoms with Crippen LogP contribution in [0.5, 0.6) is 0 Å². The molecule has 0 amide bonds. The first-order valence-electron chi connectivity index (χ1n) is 5.25. The third-order valence-electron chi connectivity index (χ3n) is 2.68. The zero-order valence-corrected chi connectivity index (χ0v) is 9.72. The number of nitrogen functional groups attached to an aromatic ring is 1. The van der Waals surface area contributed by atoms with Crippen LogP contribution >= 0.6 is 11.6 Å². The Morgan fingerprint density at radius 1 is 1.00 bits per heavy atom. The van der Waals surface area contributed by atoms with E-state index in [9.17, 15) is 0 Å². The van der Waals surface area contributed by atoms with Gasteiger partial charge >= 0.3 is 0 Å². The Balaban J connectivity index is 2.38. The topological polar surface area (TPSA) is 43.8 Å². The molecule has 0 unspecified atom stereocenters. The van der Waals surface area contributed by atoms with Crippen molar-refractivity contribution in [3.8, 4) is 5.69 Å². The minimum Gasteiger partial charge on any atom is -0.369 e. The van der Waals surface area contributed by atoms with Crippen molar-refractivity contribution in [2.75, 3.05) is 5.73 Å². The number of hydrogen-bond donors (Lipinski definition) is 1. The highest BCUT2D eigenvalue weighted by atomic mass is 35.5. The fourth-order valence-electron chi connectivity index (χ4n) is 1.93. The smallest absolute Gasteiger partial charge is 0.205 e. The Kier molecular flexibility index (Phi) is 2.27. The van der Waals surface area contributed by atoms with Gasteiger partial charge in [-0.15, -0.1) is 0 Å². The summed E-state index contributed by atoms with van der Waals surface area (Å²) in [6, 6.07) is 15.4. The largest absolute Gasteiger partial charge is 0.369 e. The van der Waals surface area contributed by atoms with Gasteiger partial charge < -0.3 is 5.73 Å². The van der Waals surface area contributed by atoms with E-state index in [1.807, 2.05) is 53.1 Å². The molecule has 0 aliphatic rings. The molecule has 1 aromatic heterocycles. The molecular weight excluding hydrogens is 234 g/mol. The van der Waals surface area contributed by atoms with Crippen molar-refractivity contribution in [3.63, 3.8) is 0 Å². The molecule has 0 spiro atoms. The molecule has 1 heterocycles. The van der Waals surface area contributed by atoms with E-state index in [0.29, 0.717) is 11.0 Å². The molecule has 4 heteroatoms. The predicted molar refractivity (Wildman–Crippen MR) is 70.5 cm³/mol. The van der Waals surface area contributed by atoms with Gasteiger partial charge in [0.15, 0.2) is 0 Å². The number of halogens is 1. The van der Waals surface area contributed by atoms with Crippen LogP contribution in [0.25, 0.3) is 16.7 Å². The van der Waals surface area contributed by atoms with Crippen molar-refractivity contribution >= 4 is 28.6 Å². The summed E-state index contributed by atoms with van der Waals surface area (Å²) in [5.41, 5.74) is 8.62. The van der Waals surface area contributed by atoms with Crippen LogP contribution in [0.3, 0.4) is 0 Å². The second kappa shape index (κ2) is 3.79. The lowest BCUT2D eigenvalue weighted by Gasteiger charge is -2.07. The van der Waals surface area contributed by atoms with Gasteiger partial charge in [0, 0.05) is 0 Å². The van der Waals surface area contributed by atoms with Crippen molar-refractivity contribution < 1.29 is 0 Å². The predicted octanol–water partition coefficient (Wildman–Crippen LogP) is 3.26. The first-order valence-corrected chi connectivity index (χ1v) is 5.63. The molecule has 0 aliphatic heterocycles. The van der Waals surface area contributed by atoms with Gasteiger partial charge in [0.1, 0.15) is 0 Å². The van der Waals surface area contributed by atoms with E-state index in [4.69, 9.17) is 17.3 Å². The quantitative estimate of drug-likeness (QED) is 0.713. The molecule has 2 aromatic carbocycles. The summed E-state index contributed by atoms with van der Waals surface area (Å²) in [5, 5.41) is 0.655. The van der Waals surface area contributed by atoms with Crippen molar-refractivity contribution in [1.82, 2.24) is 9.55 Å². The minimum absolute atomic E-state index is 0.444. The third kappa shape index (κ3) is 1.56. The number of hydrogen-bond acceptors (Lipinski definition) is 2. The first-order chi connectivity index (χ1) is 8.27. The molecule has 84 valence electrons. The Bertz CT molecular complexity index is 688. The van der Waals surface area contributed by atoms with Crippen LogP contribution in [0.2, 0.25) is 5.02 Å². The maximum atomic E-state index is 6.18. The summed E-state index contributed by atoms with van der Waals surface area (Å²) in [6.45, 7) is 0. The highest BCUT2D eigenvalue weighted by Crippen LogP contribution is 2.27. The monoisotopic (exact) mass is 243 g/mol. The standard InChI is InChI=1S/C13H10ClN3/c14-9-5-1-3-7-11(9)17-12-8-4-2-6-10(12)16-13(17)15/h1-8H,(H2,15,16). The molecule has 17 heavy (non-hydrogen) atoms. The molecule has 2 N–H and O–H groups in total. The van der Waals surface area contributed by atoms with Gasteiger partial charge in [0.25, 0.3) is 0 Å². The number of nitrogens with zero attached hydrogens (tertiary/aromatic N) is 2. The van der Waals surface area contributed by atoms with Crippen molar-refractivity contribution in [1.29, 1.82) is 0 Å². The molecule has 0 atom stereocenters. The van der Waals surface area contributed by atoms with Crippen LogP contribution in [0.1, 0.15) is 0 Å². The number of fused-ring (bicyclic) bond motifs is 1. The van der Waals surface area contributed by atoms with Gasteiger partial charge in [-0.1, -0.05) is 35.9 Å². The summed E-state index contributed by atoms with van der Waals surface area (Å²) < 4.78 is 1.86. The second-order valence-corrected chi connectivity index (χ2v) is 4.15. The van der Waals surface area contributed by atoms with E-state index in [0.717, 1.165) is 16.7 Å². The summed E-state index contributed by atoms with van der Waals surface area (Å²) in [6.07, 6.45) is 0. The summed E-state index contributed by atoms with van der Waals surface area (Å²) in [5.74, 6) is 0.444. The highest BCUT2D eigenvalue weighted by molar-refractivity contribution is 6.32. The molecule has 0 aliphatic carbocycles. The molecule has 0 bridgehead atoms. The molecule has 3 nitrogen and oxygen atoms in total. The lowest BCUT2D eigenvalue weighted by Crippen LogP contribution is -2.00. The Labute approximate surface area is 103 Å². The van der Waals surface area contributed by atoms with Gasteiger partial charge in [-0.2, -0.15) is 0 Å². The maximum Gasteiger partial charge on any atom is 0.205 e. The highest BCUT2D eigenvalue weighted by Gasteiger charge is 2.11. The van der Waals surface area contributed by atoms with E-state index in [1.165, 1.54) is 0 Å². The van der Waals surface area contributed by atoms with Crippen LogP contribution < -0.4 is 5.73 Å². The molecular formula is C13H10ClN3. The van der Waals surface area contributed by atoms with Gasteiger partial charge in [-0.25, -0.2) is 4.98 Å². The Morgan fingerprint density at radius 2 is 1.71 bits per heavy atom. The Hall–Kier alpha value is -2.00. The number of rotatable bonds is 1. The SMILES string of the molecule is Nc1nc2ccccc2n1-c1ccccc1Cl. The summed E-state index contributed by atoms with van der Waals surface area (Å²) in [7, 11) is 0. The number of aromatic nitrogens is 2. The zero-order chi connectivity index (χ0) is 11.8. The molecule has 3 rings (SSSR count). The average molecular weight is 244 g/mol. The lowest BCUT2D eigenvalue weighted by molar-refractivity contribution is 1.11. The van der Waals surface area contributed by atoms with E-state index in [2.05, 4.69) is 4.98 Å². The fourth-order valence-corrected chi connectivity index (χ4v) is 2.15. The van der Waals surface area contributed by atoms with Crippen LogP contribution in [0, 0.1) is 0 Å². The number of benzene rings is 2. The molecule has 0 radical (unpaired) electrons. The average Bonchev–Trinajstić information content (AvgIpc) is 2.66. The van der Waals surface area contributed by atoms with Gasteiger partial charge in [-0.05, 0) is 24.3 Å². The van der Waals surface area contributed by atoms with Gasteiger partial charge in [-0.3, -0.25) is 4.57 Å². The van der Waals surface area contributed by atoms with E-state index in [1.54, 1.807) is 0 Å².